The Labute approximate surface area is 86.3 Å². The van der Waals surface area contributed by atoms with Crippen molar-refractivity contribution >= 4 is 22.6 Å². The molecule has 0 saturated carbocycles. The minimum atomic E-state index is -0.771. The summed E-state index contributed by atoms with van der Waals surface area (Å²) in [6, 6.07) is 0.110. The Balaban J connectivity index is 2.33. The lowest BCUT2D eigenvalue weighted by Crippen LogP contribution is -2.16. The maximum atomic E-state index is 10.3. The molecule has 1 aromatic heterocycles. The second kappa shape index (κ2) is 4.90. The highest BCUT2D eigenvalue weighted by atomic mass is 32.1. The van der Waals surface area contributed by atoms with Crippen molar-refractivity contribution < 1.29 is 9.90 Å². The molecular formula is C8H13N3O2S. The minimum Gasteiger partial charge on any atom is -0.481 e. The van der Waals surface area contributed by atoms with Crippen LogP contribution in [0.5, 0.6) is 0 Å². The molecule has 1 heterocycles. The van der Waals surface area contributed by atoms with Crippen molar-refractivity contribution in [3.63, 3.8) is 0 Å². The van der Waals surface area contributed by atoms with Gasteiger partial charge in [-0.25, -0.2) is 4.98 Å². The Kier molecular flexibility index (Phi) is 3.82. The molecule has 0 aromatic carbocycles. The number of anilines is 1. The van der Waals surface area contributed by atoms with Gasteiger partial charge < -0.3 is 10.4 Å². The van der Waals surface area contributed by atoms with Gasteiger partial charge >= 0.3 is 5.97 Å². The Morgan fingerprint density at radius 3 is 2.93 bits per heavy atom. The van der Waals surface area contributed by atoms with Crippen molar-refractivity contribution in [2.24, 2.45) is 0 Å². The van der Waals surface area contributed by atoms with Gasteiger partial charge in [-0.2, -0.15) is 4.37 Å². The molecule has 2 N–H and O–H groups in total. The van der Waals surface area contributed by atoms with E-state index in [9.17, 15) is 4.79 Å². The second-order valence-electron chi connectivity index (χ2n) is 3.12. The van der Waals surface area contributed by atoms with E-state index in [4.69, 9.17) is 5.11 Å². The fourth-order valence-electron chi connectivity index (χ4n) is 0.979. The highest BCUT2D eigenvalue weighted by Crippen LogP contribution is 2.13. The maximum Gasteiger partial charge on any atom is 0.303 e. The first-order valence-corrected chi connectivity index (χ1v) is 5.14. The van der Waals surface area contributed by atoms with Gasteiger partial charge in [0.1, 0.15) is 5.82 Å². The normalized spacial score (nSPS) is 12.4. The first-order valence-electron chi connectivity index (χ1n) is 4.36. The van der Waals surface area contributed by atoms with E-state index in [2.05, 4.69) is 14.7 Å². The van der Waals surface area contributed by atoms with Gasteiger partial charge in [-0.05, 0) is 20.3 Å². The number of hydrogen-bond donors (Lipinski definition) is 2. The van der Waals surface area contributed by atoms with Crippen molar-refractivity contribution in [3.8, 4) is 0 Å². The van der Waals surface area contributed by atoms with Crippen LogP contribution in [0.4, 0.5) is 5.13 Å². The van der Waals surface area contributed by atoms with E-state index in [1.165, 1.54) is 11.5 Å². The molecule has 0 saturated heterocycles. The van der Waals surface area contributed by atoms with Gasteiger partial charge in [0.05, 0.1) is 0 Å². The standard InChI is InChI=1S/C8H13N3O2S/c1-5(3-4-7(12)13)9-8-10-6(2)11-14-8/h5H,3-4H2,1-2H3,(H,12,13)(H,9,10,11). The van der Waals surface area contributed by atoms with Gasteiger partial charge in [-0.15, -0.1) is 0 Å². The van der Waals surface area contributed by atoms with Crippen molar-refractivity contribution in [2.75, 3.05) is 5.32 Å². The van der Waals surface area contributed by atoms with Crippen molar-refractivity contribution in [1.82, 2.24) is 9.36 Å². The molecule has 0 aliphatic heterocycles. The fraction of sp³-hybridized carbons (Fsp3) is 0.625. The molecule has 0 spiro atoms. The molecule has 1 aromatic rings. The summed E-state index contributed by atoms with van der Waals surface area (Å²) in [5, 5.41) is 12.3. The van der Waals surface area contributed by atoms with Gasteiger partial charge in [0.2, 0.25) is 5.13 Å². The number of hydrogen-bond acceptors (Lipinski definition) is 5. The summed E-state index contributed by atoms with van der Waals surface area (Å²) >= 11 is 1.29. The summed E-state index contributed by atoms with van der Waals surface area (Å²) < 4.78 is 4.02. The zero-order valence-electron chi connectivity index (χ0n) is 8.15. The second-order valence-corrected chi connectivity index (χ2v) is 3.88. The predicted octanol–water partition coefficient (Wildman–Crippen LogP) is 1.51. The molecule has 14 heavy (non-hydrogen) atoms. The van der Waals surface area contributed by atoms with Crippen molar-refractivity contribution in [2.45, 2.75) is 32.7 Å². The lowest BCUT2D eigenvalue weighted by atomic mass is 10.2. The molecule has 1 unspecified atom stereocenters. The summed E-state index contributed by atoms with van der Waals surface area (Å²) in [5.74, 6) is -0.0324. The van der Waals surface area contributed by atoms with Crippen LogP contribution in [0.25, 0.3) is 0 Å². The van der Waals surface area contributed by atoms with Crippen LogP contribution in [0.3, 0.4) is 0 Å². The third-order valence-electron chi connectivity index (χ3n) is 1.69. The predicted molar refractivity (Wildman–Crippen MR) is 54.6 cm³/mol. The number of aromatic nitrogens is 2. The number of carboxylic acids is 1. The van der Waals surface area contributed by atoms with Gasteiger partial charge in [0.15, 0.2) is 0 Å². The number of rotatable bonds is 5. The molecule has 6 heteroatoms. The van der Waals surface area contributed by atoms with Gasteiger partial charge in [0.25, 0.3) is 0 Å². The minimum absolute atomic E-state index is 0.110. The number of carboxylic acid groups (broad SMARTS) is 1. The van der Waals surface area contributed by atoms with E-state index in [0.29, 0.717) is 6.42 Å². The molecule has 0 radical (unpaired) electrons. The summed E-state index contributed by atoms with van der Waals surface area (Å²) in [5.41, 5.74) is 0. The average Bonchev–Trinajstić information content (AvgIpc) is 2.48. The summed E-state index contributed by atoms with van der Waals surface area (Å²) in [7, 11) is 0. The monoisotopic (exact) mass is 215 g/mol. The van der Waals surface area contributed by atoms with Crippen LogP contribution in [0, 0.1) is 6.92 Å². The lowest BCUT2D eigenvalue weighted by molar-refractivity contribution is -0.137. The van der Waals surface area contributed by atoms with Crippen molar-refractivity contribution in [3.05, 3.63) is 5.82 Å². The smallest absolute Gasteiger partial charge is 0.303 e. The van der Waals surface area contributed by atoms with E-state index in [0.717, 1.165) is 11.0 Å². The molecule has 0 fully saturated rings. The van der Waals surface area contributed by atoms with E-state index < -0.39 is 5.97 Å². The molecule has 0 amide bonds. The Morgan fingerprint density at radius 1 is 1.71 bits per heavy atom. The largest absolute Gasteiger partial charge is 0.481 e. The molecule has 0 bridgehead atoms. The summed E-state index contributed by atoms with van der Waals surface area (Å²) in [4.78, 5) is 14.4. The van der Waals surface area contributed by atoms with Crippen LogP contribution in [-0.4, -0.2) is 26.5 Å². The first-order chi connectivity index (χ1) is 6.58. The Bertz CT molecular complexity index is 313. The quantitative estimate of drug-likeness (QED) is 0.778. The molecule has 78 valence electrons. The maximum absolute atomic E-state index is 10.3. The number of aliphatic carboxylic acids is 1. The van der Waals surface area contributed by atoms with E-state index >= 15 is 0 Å². The number of carbonyl (C=O) groups is 1. The fourth-order valence-corrected chi connectivity index (χ4v) is 1.66. The van der Waals surface area contributed by atoms with Crippen LogP contribution in [0.2, 0.25) is 0 Å². The van der Waals surface area contributed by atoms with E-state index in [1.807, 2.05) is 13.8 Å². The number of nitrogens with zero attached hydrogens (tertiary/aromatic N) is 2. The molecule has 1 rings (SSSR count). The van der Waals surface area contributed by atoms with Crippen LogP contribution < -0.4 is 5.32 Å². The lowest BCUT2D eigenvalue weighted by Gasteiger charge is -2.10. The van der Waals surface area contributed by atoms with Crippen LogP contribution in [-0.2, 0) is 4.79 Å². The molecular weight excluding hydrogens is 202 g/mol. The molecule has 0 aliphatic carbocycles. The summed E-state index contributed by atoms with van der Waals surface area (Å²) in [6.07, 6.45) is 0.764. The number of nitrogens with one attached hydrogen (secondary N) is 1. The number of aryl methyl sites for hydroxylation is 1. The molecule has 5 nitrogen and oxygen atoms in total. The highest BCUT2D eigenvalue weighted by Gasteiger charge is 2.07. The van der Waals surface area contributed by atoms with Gasteiger partial charge in [-0.3, -0.25) is 4.79 Å². The SMILES string of the molecule is Cc1nsc(NC(C)CCC(=O)O)n1. The van der Waals surface area contributed by atoms with Crippen LogP contribution in [0.1, 0.15) is 25.6 Å². The Morgan fingerprint density at radius 2 is 2.43 bits per heavy atom. The Hall–Kier alpha value is -1.17. The van der Waals surface area contributed by atoms with Crippen molar-refractivity contribution in [1.29, 1.82) is 0 Å². The summed E-state index contributed by atoms with van der Waals surface area (Å²) in [6.45, 7) is 3.75. The van der Waals surface area contributed by atoms with E-state index in [-0.39, 0.29) is 12.5 Å². The van der Waals surface area contributed by atoms with Crippen LogP contribution >= 0.6 is 11.5 Å². The van der Waals surface area contributed by atoms with Gasteiger partial charge in [0, 0.05) is 24.0 Å². The zero-order chi connectivity index (χ0) is 10.6. The molecule has 1 atom stereocenters. The average molecular weight is 215 g/mol. The topological polar surface area (TPSA) is 75.1 Å². The highest BCUT2D eigenvalue weighted by molar-refractivity contribution is 7.09. The molecule has 0 aliphatic rings. The zero-order valence-corrected chi connectivity index (χ0v) is 8.97. The third-order valence-corrected chi connectivity index (χ3v) is 2.43. The van der Waals surface area contributed by atoms with E-state index in [1.54, 1.807) is 0 Å². The van der Waals surface area contributed by atoms with Gasteiger partial charge in [-0.1, -0.05) is 0 Å². The van der Waals surface area contributed by atoms with Crippen LogP contribution in [0.15, 0.2) is 0 Å². The first kappa shape index (κ1) is 10.9. The third kappa shape index (κ3) is 3.69.